The molecule has 2 aromatic rings. The van der Waals surface area contributed by atoms with Gasteiger partial charge in [0.25, 0.3) is 0 Å². The zero-order chi connectivity index (χ0) is 15.8. The molecule has 23 heavy (non-hydrogen) atoms. The summed E-state index contributed by atoms with van der Waals surface area (Å²) in [5.41, 5.74) is 6.08. The van der Waals surface area contributed by atoms with Gasteiger partial charge in [-0.3, -0.25) is 9.78 Å². The van der Waals surface area contributed by atoms with Crippen molar-refractivity contribution in [2.75, 3.05) is 18.0 Å². The molecule has 0 fully saturated rings. The van der Waals surface area contributed by atoms with Gasteiger partial charge < -0.3 is 10.2 Å². The highest BCUT2D eigenvalue weighted by molar-refractivity contribution is 5.97. The largest absolute Gasteiger partial charge is 0.312 e. The standard InChI is InChI=1S/C19H21N3O/c1-13-12-22(18-11-21-7-5-16(13)18)19(23)9-14-3-2-4-15-10-20-8-6-17(14)15/h2-5,7,11,13,20H,6,8-10,12H2,1H3. The number of nitrogens with one attached hydrogen (secondary N) is 1. The number of rotatable bonds is 2. The van der Waals surface area contributed by atoms with Crippen molar-refractivity contribution in [2.45, 2.75) is 32.2 Å². The first-order chi connectivity index (χ1) is 11.2. The molecular formula is C19H21N3O. The summed E-state index contributed by atoms with van der Waals surface area (Å²) < 4.78 is 0. The van der Waals surface area contributed by atoms with Crippen LogP contribution < -0.4 is 10.2 Å². The fourth-order valence-corrected chi connectivity index (χ4v) is 3.78. The molecule has 0 radical (unpaired) electrons. The van der Waals surface area contributed by atoms with E-state index in [1.807, 2.05) is 23.4 Å². The van der Waals surface area contributed by atoms with Crippen LogP contribution in [0.5, 0.6) is 0 Å². The van der Waals surface area contributed by atoms with Crippen LogP contribution in [0.1, 0.15) is 35.1 Å². The maximum absolute atomic E-state index is 12.9. The predicted molar refractivity (Wildman–Crippen MR) is 90.6 cm³/mol. The number of benzene rings is 1. The molecule has 0 bridgehead atoms. The summed E-state index contributed by atoms with van der Waals surface area (Å²) >= 11 is 0. The van der Waals surface area contributed by atoms with Gasteiger partial charge in [-0.05, 0) is 41.3 Å². The highest BCUT2D eigenvalue weighted by Crippen LogP contribution is 2.35. The van der Waals surface area contributed by atoms with E-state index in [-0.39, 0.29) is 5.91 Å². The Morgan fingerprint density at radius 1 is 1.39 bits per heavy atom. The van der Waals surface area contributed by atoms with Crippen LogP contribution in [0.2, 0.25) is 0 Å². The molecule has 2 aliphatic heterocycles. The van der Waals surface area contributed by atoms with E-state index >= 15 is 0 Å². The van der Waals surface area contributed by atoms with Crippen LogP contribution >= 0.6 is 0 Å². The van der Waals surface area contributed by atoms with Crippen molar-refractivity contribution in [1.29, 1.82) is 0 Å². The Bertz CT molecular complexity index is 756. The minimum absolute atomic E-state index is 0.176. The number of carbonyl (C=O) groups excluding carboxylic acids is 1. The summed E-state index contributed by atoms with van der Waals surface area (Å²) in [6.45, 7) is 4.83. The van der Waals surface area contributed by atoms with Gasteiger partial charge in [0, 0.05) is 25.2 Å². The first-order valence-electron chi connectivity index (χ1n) is 8.28. The molecule has 1 aromatic heterocycles. The Balaban J connectivity index is 1.60. The van der Waals surface area contributed by atoms with Gasteiger partial charge in [0.05, 0.1) is 18.3 Å². The smallest absolute Gasteiger partial charge is 0.231 e. The van der Waals surface area contributed by atoms with Crippen LogP contribution in [0.3, 0.4) is 0 Å². The highest BCUT2D eigenvalue weighted by Gasteiger charge is 2.30. The van der Waals surface area contributed by atoms with Gasteiger partial charge in [-0.1, -0.05) is 25.1 Å². The highest BCUT2D eigenvalue weighted by atomic mass is 16.2. The molecule has 4 heteroatoms. The van der Waals surface area contributed by atoms with E-state index in [1.54, 1.807) is 0 Å². The van der Waals surface area contributed by atoms with Crippen molar-refractivity contribution in [3.63, 3.8) is 0 Å². The van der Waals surface area contributed by atoms with Gasteiger partial charge in [0.1, 0.15) is 0 Å². The Kier molecular flexibility index (Phi) is 3.62. The average molecular weight is 307 g/mol. The van der Waals surface area contributed by atoms with Crippen LogP contribution in [-0.2, 0) is 24.2 Å². The van der Waals surface area contributed by atoms with Crippen molar-refractivity contribution < 1.29 is 4.79 Å². The molecule has 4 nitrogen and oxygen atoms in total. The van der Waals surface area contributed by atoms with Gasteiger partial charge >= 0.3 is 0 Å². The van der Waals surface area contributed by atoms with Crippen molar-refractivity contribution in [3.05, 3.63) is 58.9 Å². The van der Waals surface area contributed by atoms with E-state index in [4.69, 9.17) is 0 Å². The molecule has 1 unspecified atom stereocenters. The number of carbonyl (C=O) groups is 1. The number of hydrogen-bond donors (Lipinski definition) is 1. The number of fused-ring (bicyclic) bond motifs is 2. The Hall–Kier alpha value is -2.20. The molecule has 0 saturated heterocycles. The second-order valence-corrected chi connectivity index (χ2v) is 6.50. The summed E-state index contributed by atoms with van der Waals surface area (Å²) in [5.74, 6) is 0.557. The van der Waals surface area contributed by atoms with Crippen LogP contribution in [0.4, 0.5) is 5.69 Å². The van der Waals surface area contributed by atoms with E-state index < -0.39 is 0 Å². The van der Waals surface area contributed by atoms with Crippen LogP contribution in [0, 0.1) is 0 Å². The van der Waals surface area contributed by atoms with Crippen molar-refractivity contribution in [2.24, 2.45) is 0 Å². The summed E-state index contributed by atoms with van der Waals surface area (Å²) in [7, 11) is 0. The fraction of sp³-hybridized carbons (Fsp3) is 0.368. The SMILES string of the molecule is CC1CN(C(=O)Cc2cccc3c2CCNC3)c2cnccc21. The Morgan fingerprint density at radius 2 is 2.30 bits per heavy atom. The van der Waals surface area contributed by atoms with Gasteiger partial charge in [-0.25, -0.2) is 0 Å². The zero-order valence-electron chi connectivity index (χ0n) is 13.4. The molecule has 2 aliphatic rings. The lowest BCUT2D eigenvalue weighted by atomic mass is 9.93. The van der Waals surface area contributed by atoms with E-state index in [2.05, 4.69) is 35.4 Å². The molecule has 118 valence electrons. The van der Waals surface area contributed by atoms with E-state index in [0.717, 1.165) is 31.7 Å². The number of aromatic nitrogens is 1. The second-order valence-electron chi connectivity index (χ2n) is 6.50. The third-order valence-corrected chi connectivity index (χ3v) is 4.99. The molecule has 1 amide bonds. The average Bonchev–Trinajstić information content (AvgIpc) is 2.93. The maximum Gasteiger partial charge on any atom is 0.231 e. The molecular weight excluding hydrogens is 286 g/mol. The number of nitrogens with zero attached hydrogens (tertiary/aromatic N) is 2. The molecule has 0 aliphatic carbocycles. The maximum atomic E-state index is 12.9. The molecule has 0 spiro atoms. The molecule has 1 N–H and O–H groups in total. The van der Waals surface area contributed by atoms with Gasteiger partial charge in [0.15, 0.2) is 0 Å². The molecule has 0 saturated carbocycles. The van der Waals surface area contributed by atoms with E-state index in [1.165, 1.54) is 22.3 Å². The number of anilines is 1. The van der Waals surface area contributed by atoms with Gasteiger partial charge in [0.2, 0.25) is 5.91 Å². The minimum atomic E-state index is 0.176. The van der Waals surface area contributed by atoms with Crippen LogP contribution in [0.15, 0.2) is 36.7 Å². The monoisotopic (exact) mass is 307 g/mol. The van der Waals surface area contributed by atoms with Crippen molar-refractivity contribution in [3.8, 4) is 0 Å². The molecule has 4 rings (SSSR count). The number of amides is 1. The predicted octanol–water partition coefficient (Wildman–Crippen LogP) is 2.42. The van der Waals surface area contributed by atoms with E-state index in [9.17, 15) is 4.79 Å². The third-order valence-electron chi connectivity index (χ3n) is 4.99. The molecule has 3 heterocycles. The summed E-state index contributed by atoms with van der Waals surface area (Å²) in [5, 5.41) is 3.39. The Labute approximate surface area is 136 Å². The van der Waals surface area contributed by atoms with Crippen LogP contribution in [0.25, 0.3) is 0 Å². The summed E-state index contributed by atoms with van der Waals surface area (Å²) in [6.07, 6.45) is 5.11. The first kappa shape index (κ1) is 14.4. The lowest BCUT2D eigenvalue weighted by Crippen LogP contribution is -2.32. The van der Waals surface area contributed by atoms with E-state index in [0.29, 0.717) is 12.3 Å². The lowest BCUT2D eigenvalue weighted by Gasteiger charge is -2.22. The van der Waals surface area contributed by atoms with Crippen molar-refractivity contribution >= 4 is 11.6 Å². The second kappa shape index (κ2) is 5.78. The number of pyridine rings is 1. The zero-order valence-corrected chi connectivity index (χ0v) is 13.4. The van der Waals surface area contributed by atoms with Crippen LogP contribution in [-0.4, -0.2) is 24.0 Å². The first-order valence-corrected chi connectivity index (χ1v) is 8.28. The molecule has 1 aromatic carbocycles. The van der Waals surface area contributed by atoms with Gasteiger partial charge in [-0.15, -0.1) is 0 Å². The van der Waals surface area contributed by atoms with Gasteiger partial charge in [-0.2, -0.15) is 0 Å². The lowest BCUT2D eigenvalue weighted by molar-refractivity contribution is -0.117. The van der Waals surface area contributed by atoms with Crippen molar-refractivity contribution in [1.82, 2.24) is 10.3 Å². The topological polar surface area (TPSA) is 45.2 Å². The minimum Gasteiger partial charge on any atom is -0.312 e. The molecule has 1 atom stereocenters. The summed E-state index contributed by atoms with van der Waals surface area (Å²) in [6, 6.07) is 8.36. The normalized spacial score (nSPS) is 19.3. The summed E-state index contributed by atoms with van der Waals surface area (Å²) in [4.78, 5) is 19.0. The quantitative estimate of drug-likeness (QED) is 0.927. The third kappa shape index (κ3) is 2.53. The fourth-order valence-electron chi connectivity index (χ4n) is 3.78. The Morgan fingerprint density at radius 3 is 3.22 bits per heavy atom. The number of hydrogen-bond acceptors (Lipinski definition) is 3.